The van der Waals surface area contributed by atoms with Gasteiger partial charge < -0.3 is 10.2 Å². The van der Waals surface area contributed by atoms with Gasteiger partial charge in [0.2, 0.25) is 5.91 Å². The number of halogens is 1. The first-order chi connectivity index (χ1) is 11.0. The molecule has 0 bridgehead atoms. The SMILES string of the molecule is CC(C)C[C@@H](NC(=O)c1ccc(Br)cc1)C(=O)N1CCCCC1. The van der Waals surface area contributed by atoms with Gasteiger partial charge in [0.15, 0.2) is 0 Å². The highest BCUT2D eigenvalue weighted by Gasteiger charge is 2.27. The summed E-state index contributed by atoms with van der Waals surface area (Å²) >= 11 is 3.36. The highest BCUT2D eigenvalue weighted by atomic mass is 79.9. The zero-order chi connectivity index (χ0) is 16.8. The number of amides is 2. The predicted molar refractivity (Wildman–Crippen MR) is 95.3 cm³/mol. The van der Waals surface area contributed by atoms with Crippen LogP contribution in [0.1, 0.15) is 49.9 Å². The zero-order valence-electron chi connectivity index (χ0n) is 13.8. The molecule has 1 N–H and O–H groups in total. The summed E-state index contributed by atoms with van der Waals surface area (Å²) in [6, 6.07) is 6.75. The van der Waals surface area contributed by atoms with Crippen LogP contribution in [0.25, 0.3) is 0 Å². The van der Waals surface area contributed by atoms with Gasteiger partial charge in [-0.1, -0.05) is 29.8 Å². The standard InChI is InChI=1S/C18H25BrN2O2/c1-13(2)12-16(18(23)21-10-4-3-5-11-21)20-17(22)14-6-8-15(19)9-7-14/h6-9,13,16H,3-5,10-12H2,1-2H3,(H,20,22)/t16-/m1/s1. The van der Waals surface area contributed by atoms with E-state index in [9.17, 15) is 9.59 Å². The maximum absolute atomic E-state index is 12.8. The molecule has 2 rings (SSSR count). The number of piperidine rings is 1. The molecule has 0 spiro atoms. The van der Waals surface area contributed by atoms with E-state index < -0.39 is 6.04 Å². The Labute approximate surface area is 146 Å². The Hall–Kier alpha value is -1.36. The molecule has 1 aromatic rings. The monoisotopic (exact) mass is 380 g/mol. The lowest BCUT2D eigenvalue weighted by molar-refractivity contribution is -0.134. The quantitative estimate of drug-likeness (QED) is 0.847. The molecule has 0 unspecified atom stereocenters. The number of benzene rings is 1. The smallest absolute Gasteiger partial charge is 0.251 e. The molecule has 1 heterocycles. The summed E-state index contributed by atoms with van der Waals surface area (Å²) in [6.45, 7) is 5.76. The van der Waals surface area contributed by atoms with Crippen molar-refractivity contribution in [3.63, 3.8) is 0 Å². The van der Waals surface area contributed by atoms with E-state index in [0.29, 0.717) is 17.9 Å². The topological polar surface area (TPSA) is 49.4 Å². The van der Waals surface area contributed by atoms with Crippen LogP contribution in [0.15, 0.2) is 28.7 Å². The Bertz CT molecular complexity index is 536. The van der Waals surface area contributed by atoms with Gasteiger partial charge in [0, 0.05) is 23.1 Å². The third-order valence-corrected chi connectivity index (χ3v) is 4.61. The summed E-state index contributed by atoms with van der Waals surface area (Å²) < 4.78 is 0.928. The number of hydrogen-bond donors (Lipinski definition) is 1. The molecule has 1 atom stereocenters. The second-order valence-corrected chi connectivity index (χ2v) is 7.46. The van der Waals surface area contributed by atoms with Crippen LogP contribution in [0, 0.1) is 5.92 Å². The minimum atomic E-state index is -0.441. The van der Waals surface area contributed by atoms with Gasteiger partial charge in [-0.05, 0) is 55.9 Å². The van der Waals surface area contributed by atoms with Crippen molar-refractivity contribution in [2.75, 3.05) is 13.1 Å². The van der Waals surface area contributed by atoms with Gasteiger partial charge in [0.25, 0.3) is 5.91 Å². The minimum Gasteiger partial charge on any atom is -0.341 e. The summed E-state index contributed by atoms with van der Waals surface area (Å²) in [5.41, 5.74) is 0.577. The summed E-state index contributed by atoms with van der Waals surface area (Å²) in [5, 5.41) is 2.94. The lowest BCUT2D eigenvalue weighted by Crippen LogP contribution is -2.50. The predicted octanol–water partition coefficient (Wildman–Crippen LogP) is 3.61. The van der Waals surface area contributed by atoms with Crippen molar-refractivity contribution >= 4 is 27.7 Å². The van der Waals surface area contributed by atoms with Crippen LogP contribution in [-0.4, -0.2) is 35.8 Å². The Morgan fingerprint density at radius 3 is 2.30 bits per heavy atom. The van der Waals surface area contributed by atoms with Crippen LogP contribution in [-0.2, 0) is 4.79 Å². The van der Waals surface area contributed by atoms with Crippen LogP contribution in [0.2, 0.25) is 0 Å². The number of likely N-dealkylation sites (tertiary alicyclic amines) is 1. The fourth-order valence-electron chi connectivity index (χ4n) is 2.87. The highest BCUT2D eigenvalue weighted by Crippen LogP contribution is 2.15. The lowest BCUT2D eigenvalue weighted by atomic mass is 10.0. The summed E-state index contributed by atoms with van der Waals surface area (Å²) in [4.78, 5) is 27.1. The number of rotatable bonds is 5. The normalized spacial score (nSPS) is 16.3. The molecule has 0 saturated carbocycles. The number of hydrogen-bond acceptors (Lipinski definition) is 2. The average molecular weight is 381 g/mol. The molecule has 1 aromatic carbocycles. The molecule has 1 aliphatic heterocycles. The van der Waals surface area contributed by atoms with Gasteiger partial charge in [-0.3, -0.25) is 9.59 Å². The van der Waals surface area contributed by atoms with Crippen LogP contribution in [0.3, 0.4) is 0 Å². The summed E-state index contributed by atoms with van der Waals surface area (Å²) in [6.07, 6.45) is 3.96. The molecule has 0 radical (unpaired) electrons. The van der Waals surface area contributed by atoms with Crippen LogP contribution >= 0.6 is 15.9 Å². The summed E-state index contributed by atoms with van der Waals surface area (Å²) in [7, 11) is 0. The van der Waals surface area contributed by atoms with Crippen molar-refractivity contribution in [3.8, 4) is 0 Å². The molecular weight excluding hydrogens is 356 g/mol. The Kier molecular flexibility index (Phi) is 6.63. The van der Waals surface area contributed by atoms with Crippen molar-refractivity contribution < 1.29 is 9.59 Å². The van der Waals surface area contributed by atoms with Gasteiger partial charge >= 0.3 is 0 Å². The fourth-order valence-corrected chi connectivity index (χ4v) is 3.13. The van der Waals surface area contributed by atoms with E-state index in [1.165, 1.54) is 6.42 Å². The first-order valence-electron chi connectivity index (χ1n) is 8.32. The first-order valence-corrected chi connectivity index (χ1v) is 9.12. The zero-order valence-corrected chi connectivity index (χ0v) is 15.4. The molecule has 1 aliphatic rings. The molecule has 126 valence electrons. The van der Waals surface area contributed by atoms with Crippen molar-refractivity contribution in [2.24, 2.45) is 5.92 Å². The molecule has 0 aromatic heterocycles. The van der Waals surface area contributed by atoms with Gasteiger partial charge in [0.1, 0.15) is 6.04 Å². The maximum atomic E-state index is 12.8. The molecule has 0 aliphatic carbocycles. The molecule has 2 amide bonds. The third-order valence-electron chi connectivity index (χ3n) is 4.08. The third kappa shape index (κ3) is 5.34. The molecule has 4 nitrogen and oxygen atoms in total. The first kappa shape index (κ1) is 18.0. The van der Waals surface area contributed by atoms with E-state index in [2.05, 4.69) is 35.1 Å². The van der Waals surface area contributed by atoms with E-state index in [0.717, 1.165) is 30.4 Å². The Morgan fingerprint density at radius 2 is 1.74 bits per heavy atom. The highest BCUT2D eigenvalue weighted by molar-refractivity contribution is 9.10. The number of nitrogens with zero attached hydrogens (tertiary/aromatic N) is 1. The van der Waals surface area contributed by atoms with E-state index in [1.807, 2.05) is 17.0 Å². The molecule has 1 fully saturated rings. The van der Waals surface area contributed by atoms with Crippen LogP contribution in [0.5, 0.6) is 0 Å². The van der Waals surface area contributed by atoms with Crippen molar-refractivity contribution in [2.45, 2.75) is 45.6 Å². The summed E-state index contributed by atoms with van der Waals surface area (Å²) in [5.74, 6) is 0.219. The number of nitrogens with one attached hydrogen (secondary N) is 1. The van der Waals surface area contributed by atoms with Gasteiger partial charge in [-0.2, -0.15) is 0 Å². The second kappa shape index (κ2) is 8.48. The molecule has 1 saturated heterocycles. The molecular formula is C18H25BrN2O2. The Morgan fingerprint density at radius 1 is 1.13 bits per heavy atom. The molecule has 23 heavy (non-hydrogen) atoms. The van der Waals surface area contributed by atoms with Gasteiger partial charge in [-0.25, -0.2) is 0 Å². The Balaban J connectivity index is 2.06. The van der Waals surface area contributed by atoms with Crippen LogP contribution < -0.4 is 5.32 Å². The van der Waals surface area contributed by atoms with Crippen LogP contribution in [0.4, 0.5) is 0 Å². The second-order valence-electron chi connectivity index (χ2n) is 6.55. The van der Waals surface area contributed by atoms with E-state index in [4.69, 9.17) is 0 Å². The minimum absolute atomic E-state index is 0.0591. The van der Waals surface area contributed by atoms with E-state index in [-0.39, 0.29) is 11.8 Å². The lowest BCUT2D eigenvalue weighted by Gasteiger charge is -2.31. The largest absolute Gasteiger partial charge is 0.341 e. The van der Waals surface area contributed by atoms with Crippen molar-refractivity contribution in [1.82, 2.24) is 10.2 Å². The van der Waals surface area contributed by atoms with Crippen molar-refractivity contribution in [3.05, 3.63) is 34.3 Å². The maximum Gasteiger partial charge on any atom is 0.251 e. The molecule has 5 heteroatoms. The van der Waals surface area contributed by atoms with Crippen molar-refractivity contribution in [1.29, 1.82) is 0 Å². The number of carbonyl (C=O) groups is 2. The van der Waals surface area contributed by atoms with E-state index in [1.54, 1.807) is 12.1 Å². The fraction of sp³-hybridized carbons (Fsp3) is 0.556. The average Bonchev–Trinajstić information content (AvgIpc) is 2.54. The number of carbonyl (C=O) groups excluding carboxylic acids is 2. The van der Waals surface area contributed by atoms with Gasteiger partial charge in [0.05, 0.1) is 0 Å². The van der Waals surface area contributed by atoms with Gasteiger partial charge in [-0.15, -0.1) is 0 Å². The van der Waals surface area contributed by atoms with E-state index >= 15 is 0 Å².